The maximum absolute atomic E-state index is 12.1. The molecule has 4 aliphatic rings. The summed E-state index contributed by atoms with van der Waals surface area (Å²) in [4.78, 5) is 32.2. The third-order valence-electron chi connectivity index (χ3n) is 7.89. The molecule has 4 fully saturated rings. The second-order valence-electron chi connectivity index (χ2n) is 12.2. The maximum Gasteiger partial charge on any atom is 0.410 e. The molecule has 0 aromatic rings. The highest BCUT2D eigenvalue weighted by atomic mass is 16.6. The zero-order valence-corrected chi connectivity index (χ0v) is 22.7. The van der Waals surface area contributed by atoms with Crippen molar-refractivity contribution in [3.05, 3.63) is 0 Å². The lowest BCUT2D eigenvalue weighted by Crippen LogP contribution is -2.45. The molecule has 4 rings (SSSR count). The summed E-state index contributed by atoms with van der Waals surface area (Å²) >= 11 is 0. The average molecular weight is 481 g/mol. The minimum Gasteiger partial charge on any atom is -0.453 e. The Morgan fingerprint density at radius 3 is 1.59 bits per heavy atom. The molecular formula is C26H48N4O4. The first-order chi connectivity index (χ1) is 15.9. The molecule has 8 nitrogen and oxygen atoms in total. The van der Waals surface area contributed by atoms with E-state index in [1.54, 1.807) is 0 Å². The normalized spacial score (nSPS) is 29.7. The van der Waals surface area contributed by atoms with Gasteiger partial charge in [-0.25, -0.2) is 9.59 Å². The van der Waals surface area contributed by atoms with Gasteiger partial charge in [0.2, 0.25) is 0 Å². The van der Waals surface area contributed by atoms with E-state index in [9.17, 15) is 9.59 Å². The Bertz CT molecular complexity index is 693. The van der Waals surface area contributed by atoms with Crippen LogP contribution in [0.2, 0.25) is 0 Å². The third kappa shape index (κ3) is 6.78. The van der Waals surface area contributed by atoms with Gasteiger partial charge in [-0.15, -0.1) is 0 Å². The van der Waals surface area contributed by atoms with Crippen LogP contribution in [0.15, 0.2) is 0 Å². The van der Waals surface area contributed by atoms with E-state index in [0.717, 1.165) is 58.2 Å². The van der Waals surface area contributed by atoms with Crippen LogP contribution in [-0.4, -0.2) is 109 Å². The molecule has 4 saturated heterocycles. The molecule has 4 heterocycles. The number of ether oxygens (including phenoxy) is 2. The summed E-state index contributed by atoms with van der Waals surface area (Å²) in [6.07, 6.45) is 0.807. The summed E-state index contributed by atoms with van der Waals surface area (Å²) in [6, 6.07) is 1.24. The number of fused-ring (bicyclic) bond motifs is 2. The number of likely N-dealkylation sites (tertiary alicyclic amines) is 4. The smallest absolute Gasteiger partial charge is 0.410 e. The molecule has 2 amide bonds. The van der Waals surface area contributed by atoms with Gasteiger partial charge < -0.3 is 29.1 Å². The van der Waals surface area contributed by atoms with Crippen molar-refractivity contribution in [3.63, 3.8) is 0 Å². The zero-order chi connectivity index (χ0) is 25.2. The van der Waals surface area contributed by atoms with Crippen molar-refractivity contribution in [3.8, 4) is 0 Å². The Labute approximate surface area is 206 Å². The van der Waals surface area contributed by atoms with Gasteiger partial charge in [0.1, 0.15) is 5.60 Å². The van der Waals surface area contributed by atoms with Gasteiger partial charge in [-0.3, -0.25) is 0 Å². The van der Waals surface area contributed by atoms with Gasteiger partial charge in [-0.2, -0.15) is 0 Å². The largest absolute Gasteiger partial charge is 0.453 e. The van der Waals surface area contributed by atoms with Crippen molar-refractivity contribution in [1.82, 2.24) is 19.6 Å². The van der Waals surface area contributed by atoms with Crippen LogP contribution in [0.25, 0.3) is 0 Å². The van der Waals surface area contributed by atoms with Gasteiger partial charge in [0.15, 0.2) is 0 Å². The molecule has 0 aliphatic carbocycles. The van der Waals surface area contributed by atoms with Crippen molar-refractivity contribution >= 4 is 12.2 Å². The third-order valence-corrected chi connectivity index (χ3v) is 7.89. The van der Waals surface area contributed by atoms with E-state index in [4.69, 9.17) is 9.47 Å². The van der Waals surface area contributed by atoms with E-state index in [-0.39, 0.29) is 12.2 Å². The first-order valence-electron chi connectivity index (χ1n) is 13.2. The van der Waals surface area contributed by atoms with E-state index in [0.29, 0.717) is 29.8 Å². The lowest BCUT2D eigenvalue weighted by molar-refractivity contribution is 0.0139. The van der Waals surface area contributed by atoms with Crippen LogP contribution in [-0.2, 0) is 9.47 Å². The summed E-state index contributed by atoms with van der Waals surface area (Å²) in [5, 5.41) is 0. The van der Waals surface area contributed by atoms with Gasteiger partial charge in [-0.05, 0) is 78.6 Å². The number of hydrogen-bond acceptors (Lipinski definition) is 6. The van der Waals surface area contributed by atoms with Crippen LogP contribution in [0.4, 0.5) is 9.59 Å². The Kier molecular flexibility index (Phi) is 8.77. The van der Waals surface area contributed by atoms with Crippen LogP contribution < -0.4 is 0 Å². The van der Waals surface area contributed by atoms with Crippen LogP contribution >= 0.6 is 0 Å². The van der Waals surface area contributed by atoms with Gasteiger partial charge in [0.05, 0.1) is 7.11 Å². The molecule has 4 atom stereocenters. The van der Waals surface area contributed by atoms with Gasteiger partial charge in [0, 0.05) is 64.4 Å². The Morgan fingerprint density at radius 1 is 0.706 bits per heavy atom. The van der Waals surface area contributed by atoms with E-state index in [1.807, 2.05) is 30.6 Å². The van der Waals surface area contributed by atoms with Crippen LogP contribution in [0.5, 0.6) is 0 Å². The van der Waals surface area contributed by atoms with Crippen molar-refractivity contribution in [2.45, 2.75) is 72.6 Å². The lowest BCUT2D eigenvalue weighted by atomic mass is 9.89. The molecule has 0 aromatic carbocycles. The molecule has 4 aliphatic heterocycles. The molecule has 0 aromatic heterocycles. The summed E-state index contributed by atoms with van der Waals surface area (Å²) < 4.78 is 10.2. The molecule has 8 heteroatoms. The summed E-state index contributed by atoms with van der Waals surface area (Å²) in [6.45, 7) is 22.8. The SMILES string of the molecule is CC(C)N1CC2CCN(C(=O)OC(C)(C)C)CC2C1.COC(=O)N1CC2CN(C(C)C)CC2C1. The minimum atomic E-state index is -0.395. The fourth-order valence-electron chi connectivity index (χ4n) is 5.85. The summed E-state index contributed by atoms with van der Waals surface area (Å²) in [7, 11) is 1.46. The van der Waals surface area contributed by atoms with E-state index < -0.39 is 5.60 Å². The Balaban J connectivity index is 0.000000196. The molecule has 196 valence electrons. The fraction of sp³-hybridized carbons (Fsp3) is 0.923. The highest BCUT2D eigenvalue weighted by Gasteiger charge is 2.42. The number of carbonyl (C=O) groups is 2. The fourth-order valence-corrected chi connectivity index (χ4v) is 5.85. The second-order valence-corrected chi connectivity index (χ2v) is 12.2. The van der Waals surface area contributed by atoms with E-state index in [1.165, 1.54) is 13.7 Å². The highest BCUT2D eigenvalue weighted by molar-refractivity contribution is 5.68. The van der Waals surface area contributed by atoms with Gasteiger partial charge in [0.25, 0.3) is 0 Å². The van der Waals surface area contributed by atoms with Crippen molar-refractivity contribution in [2.24, 2.45) is 23.7 Å². The number of piperidine rings is 1. The van der Waals surface area contributed by atoms with Gasteiger partial charge >= 0.3 is 12.2 Å². The monoisotopic (exact) mass is 480 g/mol. The summed E-state index contributed by atoms with van der Waals surface area (Å²) in [5.41, 5.74) is -0.395. The topological polar surface area (TPSA) is 65.6 Å². The first-order valence-corrected chi connectivity index (χ1v) is 13.2. The average Bonchev–Trinajstić information content (AvgIpc) is 3.44. The predicted molar refractivity (Wildman–Crippen MR) is 134 cm³/mol. The zero-order valence-electron chi connectivity index (χ0n) is 22.7. The number of rotatable bonds is 2. The van der Waals surface area contributed by atoms with Crippen LogP contribution in [0.3, 0.4) is 0 Å². The van der Waals surface area contributed by atoms with Crippen LogP contribution in [0, 0.1) is 23.7 Å². The van der Waals surface area contributed by atoms with E-state index in [2.05, 4.69) is 37.5 Å². The molecule has 34 heavy (non-hydrogen) atoms. The number of nitrogens with zero attached hydrogens (tertiary/aromatic N) is 4. The number of methoxy groups -OCH3 is 1. The van der Waals surface area contributed by atoms with Gasteiger partial charge in [-0.1, -0.05) is 0 Å². The van der Waals surface area contributed by atoms with Crippen molar-refractivity contribution in [2.75, 3.05) is 59.5 Å². The number of amides is 2. The molecule has 0 bridgehead atoms. The lowest BCUT2D eigenvalue weighted by Gasteiger charge is -2.35. The molecule has 0 spiro atoms. The molecule has 0 saturated carbocycles. The molecule has 0 N–H and O–H groups in total. The Morgan fingerprint density at radius 2 is 1.15 bits per heavy atom. The predicted octanol–water partition coefficient (Wildman–Crippen LogP) is 3.61. The Hall–Kier alpha value is -1.54. The van der Waals surface area contributed by atoms with Crippen molar-refractivity contribution < 1.29 is 19.1 Å². The molecule has 4 unspecified atom stereocenters. The summed E-state index contributed by atoms with van der Waals surface area (Å²) in [5.74, 6) is 2.71. The highest BCUT2D eigenvalue weighted by Crippen LogP contribution is 2.33. The minimum absolute atomic E-state index is 0.144. The number of hydrogen-bond donors (Lipinski definition) is 0. The molecule has 0 radical (unpaired) electrons. The first kappa shape index (κ1) is 27.1. The second kappa shape index (κ2) is 11.0. The standard InChI is InChI=1S/C15H28N2O2.C11H20N2O2/c1-11(2)17-8-12-6-7-16(9-13(12)10-17)14(18)19-15(3,4)5;1-8(2)12-4-9-6-13(11(14)15-3)7-10(9)5-12/h11-13H,6-10H2,1-5H3;8-10H,4-7H2,1-3H3. The quantitative estimate of drug-likeness (QED) is 0.602. The maximum atomic E-state index is 12.1. The van der Waals surface area contributed by atoms with Crippen LogP contribution in [0.1, 0.15) is 54.9 Å². The molecular weight excluding hydrogens is 432 g/mol. The number of carbonyl (C=O) groups excluding carboxylic acids is 2. The van der Waals surface area contributed by atoms with Crippen molar-refractivity contribution in [1.29, 1.82) is 0 Å². The van der Waals surface area contributed by atoms with E-state index >= 15 is 0 Å².